The van der Waals surface area contributed by atoms with E-state index in [0.717, 1.165) is 5.56 Å². The van der Waals surface area contributed by atoms with Gasteiger partial charge in [-0.3, -0.25) is 4.79 Å². The second-order valence-corrected chi connectivity index (χ2v) is 5.80. The van der Waals surface area contributed by atoms with Gasteiger partial charge in [-0.05, 0) is 42.8 Å². The Morgan fingerprint density at radius 1 is 1.20 bits per heavy atom. The van der Waals surface area contributed by atoms with Crippen molar-refractivity contribution >= 4 is 23.2 Å². The minimum absolute atomic E-state index is 0.102. The van der Waals surface area contributed by atoms with Crippen LogP contribution >= 0.6 is 11.6 Å². The van der Waals surface area contributed by atoms with Crippen molar-refractivity contribution in [3.05, 3.63) is 70.8 Å². The summed E-state index contributed by atoms with van der Waals surface area (Å²) in [5, 5.41) is 7.22. The second-order valence-electron chi connectivity index (χ2n) is 5.36. The lowest BCUT2D eigenvalue weighted by Gasteiger charge is -2.10. The maximum Gasteiger partial charge on any atom is 0.262 e. The molecule has 0 radical (unpaired) electrons. The number of benzene rings is 2. The molecule has 7 heteroatoms. The number of halogens is 1. The highest BCUT2D eigenvalue weighted by Gasteiger charge is 2.11. The summed E-state index contributed by atoms with van der Waals surface area (Å²) in [6.45, 7) is 1.66. The molecule has 2 aromatic carbocycles. The van der Waals surface area contributed by atoms with E-state index in [2.05, 4.69) is 15.5 Å². The van der Waals surface area contributed by atoms with Gasteiger partial charge in [-0.15, -0.1) is 0 Å². The van der Waals surface area contributed by atoms with Gasteiger partial charge in [-0.25, -0.2) is 0 Å². The number of ether oxygens (including phenoxy) is 1. The summed E-state index contributed by atoms with van der Waals surface area (Å²) >= 11 is 5.82. The molecule has 128 valence electrons. The molecule has 1 amide bonds. The minimum Gasteiger partial charge on any atom is -0.484 e. The number of rotatable bonds is 6. The Kier molecular flexibility index (Phi) is 5.30. The van der Waals surface area contributed by atoms with Crippen LogP contribution in [0.5, 0.6) is 5.75 Å². The number of anilines is 1. The molecule has 0 aliphatic rings. The molecule has 1 heterocycles. The van der Waals surface area contributed by atoms with Gasteiger partial charge >= 0.3 is 0 Å². The lowest BCUT2D eigenvalue weighted by atomic mass is 10.1. The average Bonchev–Trinajstić information content (AvgIpc) is 3.01. The van der Waals surface area contributed by atoms with E-state index in [4.69, 9.17) is 20.9 Å². The van der Waals surface area contributed by atoms with Crippen LogP contribution in [0.25, 0.3) is 0 Å². The third-order valence-corrected chi connectivity index (χ3v) is 3.64. The lowest BCUT2D eigenvalue weighted by Crippen LogP contribution is -2.21. The summed E-state index contributed by atoms with van der Waals surface area (Å²) in [5.41, 5.74) is 1.56. The lowest BCUT2D eigenvalue weighted by molar-refractivity contribution is -0.118. The van der Waals surface area contributed by atoms with Gasteiger partial charge in [0.15, 0.2) is 12.4 Å². The predicted octanol–water partition coefficient (Wildman–Crippen LogP) is 3.64. The minimum atomic E-state index is -0.260. The highest BCUT2D eigenvalue weighted by Crippen LogP contribution is 2.19. The maximum atomic E-state index is 12.1. The van der Waals surface area contributed by atoms with Crippen LogP contribution in [0, 0.1) is 6.92 Å². The van der Waals surface area contributed by atoms with Crippen molar-refractivity contribution in [3.63, 3.8) is 0 Å². The number of carbonyl (C=O) groups is 1. The molecule has 0 aliphatic heterocycles. The SMILES string of the molecule is Cc1noc(Cc2ccccc2NC(=O)COc2ccc(Cl)cc2)n1. The predicted molar refractivity (Wildman–Crippen MR) is 93.9 cm³/mol. The number of nitrogens with zero attached hydrogens (tertiary/aromatic N) is 2. The third-order valence-electron chi connectivity index (χ3n) is 3.39. The number of amides is 1. The smallest absolute Gasteiger partial charge is 0.262 e. The Bertz CT molecular complexity index is 862. The van der Waals surface area contributed by atoms with Crippen LogP contribution in [-0.2, 0) is 11.2 Å². The van der Waals surface area contributed by atoms with Crippen molar-refractivity contribution in [1.29, 1.82) is 0 Å². The summed E-state index contributed by atoms with van der Waals surface area (Å²) in [6, 6.07) is 14.3. The van der Waals surface area contributed by atoms with Crippen LogP contribution < -0.4 is 10.1 Å². The fourth-order valence-corrected chi connectivity index (χ4v) is 2.36. The Morgan fingerprint density at radius 2 is 1.96 bits per heavy atom. The number of nitrogens with one attached hydrogen (secondary N) is 1. The van der Waals surface area contributed by atoms with Crippen molar-refractivity contribution in [2.24, 2.45) is 0 Å². The molecule has 0 unspecified atom stereocenters. The quantitative estimate of drug-likeness (QED) is 0.728. The fourth-order valence-electron chi connectivity index (χ4n) is 2.24. The topological polar surface area (TPSA) is 77.2 Å². The molecule has 25 heavy (non-hydrogen) atoms. The summed E-state index contributed by atoms with van der Waals surface area (Å²) in [5.74, 6) is 1.39. The van der Waals surface area contributed by atoms with Gasteiger partial charge in [0.25, 0.3) is 5.91 Å². The third kappa shape index (κ3) is 4.81. The Labute approximate surface area is 149 Å². The van der Waals surface area contributed by atoms with E-state index < -0.39 is 0 Å². The molecule has 0 saturated heterocycles. The zero-order chi connectivity index (χ0) is 17.6. The zero-order valence-corrected chi connectivity index (χ0v) is 14.3. The molecule has 0 atom stereocenters. The van der Waals surface area contributed by atoms with Gasteiger partial charge < -0.3 is 14.6 Å². The van der Waals surface area contributed by atoms with Crippen LogP contribution in [0.3, 0.4) is 0 Å². The van der Waals surface area contributed by atoms with Crippen molar-refractivity contribution in [2.45, 2.75) is 13.3 Å². The molecule has 0 aliphatic carbocycles. The van der Waals surface area contributed by atoms with E-state index in [1.807, 2.05) is 24.3 Å². The Morgan fingerprint density at radius 3 is 2.68 bits per heavy atom. The van der Waals surface area contributed by atoms with E-state index in [-0.39, 0.29) is 12.5 Å². The van der Waals surface area contributed by atoms with Crippen molar-refractivity contribution in [3.8, 4) is 5.75 Å². The maximum absolute atomic E-state index is 12.1. The van der Waals surface area contributed by atoms with Crippen LogP contribution in [0.4, 0.5) is 5.69 Å². The second kappa shape index (κ2) is 7.81. The van der Waals surface area contributed by atoms with Gasteiger partial charge in [-0.1, -0.05) is 35.0 Å². The fraction of sp³-hybridized carbons (Fsp3) is 0.167. The Balaban J connectivity index is 1.61. The first-order valence-electron chi connectivity index (χ1n) is 7.65. The number of carbonyl (C=O) groups excluding carboxylic acids is 1. The monoisotopic (exact) mass is 357 g/mol. The average molecular weight is 358 g/mol. The van der Waals surface area contributed by atoms with Gasteiger partial charge in [-0.2, -0.15) is 4.98 Å². The molecule has 6 nitrogen and oxygen atoms in total. The summed E-state index contributed by atoms with van der Waals surface area (Å²) in [4.78, 5) is 16.3. The molecular formula is C18H16ClN3O3. The largest absolute Gasteiger partial charge is 0.484 e. The molecule has 3 rings (SSSR count). The highest BCUT2D eigenvalue weighted by molar-refractivity contribution is 6.30. The number of aryl methyl sites for hydroxylation is 1. The van der Waals surface area contributed by atoms with E-state index in [9.17, 15) is 4.79 Å². The first kappa shape index (κ1) is 17.0. The highest BCUT2D eigenvalue weighted by atomic mass is 35.5. The van der Waals surface area contributed by atoms with Gasteiger partial charge in [0, 0.05) is 10.7 Å². The molecular weight excluding hydrogens is 342 g/mol. The molecule has 0 saturated carbocycles. The standard InChI is InChI=1S/C18H16ClN3O3/c1-12-20-18(25-22-12)10-13-4-2-3-5-16(13)21-17(23)11-24-15-8-6-14(19)7-9-15/h2-9H,10-11H2,1H3,(H,21,23). The number of hydrogen-bond donors (Lipinski definition) is 1. The van der Waals surface area contributed by atoms with E-state index in [0.29, 0.717) is 34.6 Å². The van der Waals surface area contributed by atoms with E-state index >= 15 is 0 Å². The molecule has 0 bridgehead atoms. The number of aromatic nitrogens is 2. The molecule has 3 aromatic rings. The molecule has 0 spiro atoms. The first-order valence-corrected chi connectivity index (χ1v) is 8.03. The van der Waals surface area contributed by atoms with Gasteiger partial charge in [0.05, 0.1) is 6.42 Å². The molecule has 1 N–H and O–H groups in total. The summed E-state index contributed by atoms with van der Waals surface area (Å²) < 4.78 is 10.6. The van der Waals surface area contributed by atoms with Crippen molar-refractivity contribution < 1.29 is 14.1 Å². The first-order chi connectivity index (χ1) is 12.1. The van der Waals surface area contributed by atoms with E-state index in [1.165, 1.54) is 0 Å². The molecule has 0 fully saturated rings. The normalized spacial score (nSPS) is 10.5. The summed E-state index contributed by atoms with van der Waals surface area (Å²) in [7, 11) is 0. The molecule has 1 aromatic heterocycles. The zero-order valence-electron chi connectivity index (χ0n) is 13.5. The van der Waals surface area contributed by atoms with Gasteiger partial charge in [0.2, 0.25) is 5.89 Å². The van der Waals surface area contributed by atoms with Crippen LogP contribution in [-0.4, -0.2) is 22.7 Å². The van der Waals surface area contributed by atoms with Crippen LogP contribution in [0.1, 0.15) is 17.3 Å². The Hall–Kier alpha value is -2.86. The number of para-hydroxylation sites is 1. The van der Waals surface area contributed by atoms with Crippen LogP contribution in [0.2, 0.25) is 5.02 Å². The van der Waals surface area contributed by atoms with E-state index in [1.54, 1.807) is 31.2 Å². The number of hydrogen-bond acceptors (Lipinski definition) is 5. The summed E-state index contributed by atoms with van der Waals surface area (Å²) in [6.07, 6.45) is 0.440. The van der Waals surface area contributed by atoms with Gasteiger partial charge in [0.1, 0.15) is 5.75 Å². The van der Waals surface area contributed by atoms with Crippen molar-refractivity contribution in [2.75, 3.05) is 11.9 Å². The van der Waals surface area contributed by atoms with Crippen molar-refractivity contribution in [1.82, 2.24) is 10.1 Å². The van der Waals surface area contributed by atoms with Crippen LogP contribution in [0.15, 0.2) is 53.1 Å².